The lowest BCUT2D eigenvalue weighted by molar-refractivity contribution is -0.121. The van der Waals surface area contributed by atoms with Crippen LogP contribution in [0.2, 0.25) is 0 Å². The molecule has 1 aliphatic rings. The van der Waals surface area contributed by atoms with Crippen LogP contribution < -0.4 is 5.32 Å². The van der Waals surface area contributed by atoms with Crippen molar-refractivity contribution in [2.45, 2.75) is 45.6 Å². The highest BCUT2D eigenvalue weighted by molar-refractivity contribution is 5.76. The van der Waals surface area contributed by atoms with Gasteiger partial charge in [0, 0.05) is 38.4 Å². The second-order valence-electron chi connectivity index (χ2n) is 7.58. The van der Waals surface area contributed by atoms with Crippen LogP contribution in [0, 0.1) is 6.92 Å². The van der Waals surface area contributed by atoms with Crippen molar-refractivity contribution in [3.8, 4) is 0 Å². The van der Waals surface area contributed by atoms with Crippen molar-refractivity contribution < 1.29 is 14.1 Å². The van der Waals surface area contributed by atoms with Gasteiger partial charge in [-0.2, -0.15) is 4.98 Å². The molecule has 3 rings (SSSR count). The number of ether oxygens (including phenoxy) is 1. The highest BCUT2D eigenvalue weighted by Gasteiger charge is 2.23. The topological polar surface area (TPSA) is 80.5 Å². The molecule has 1 unspecified atom stereocenters. The molecule has 0 aliphatic carbocycles. The van der Waals surface area contributed by atoms with Gasteiger partial charge in [-0.05, 0) is 12.5 Å². The number of carbonyl (C=O) groups excluding carboxylic acids is 1. The van der Waals surface area contributed by atoms with Gasteiger partial charge in [0.1, 0.15) is 0 Å². The van der Waals surface area contributed by atoms with Gasteiger partial charge in [0.25, 0.3) is 0 Å². The molecule has 1 N–H and O–H groups in total. The number of amides is 1. The van der Waals surface area contributed by atoms with Crippen molar-refractivity contribution in [1.29, 1.82) is 0 Å². The summed E-state index contributed by atoms with van der Waals surface area (Å²) in [5.41, 5.74) is 2.44. The van der Waals surface area contributed by atoms with Gasteiger partial charge in [-0.3, -0.25) is 9.69 Å². The molecule has 1 fully saturated rings. The molecular formula is C21H30N4O3. The normalized spacial score (nSPS) is 16.3. The molecule has 1 aromatic heterocycles. The van der Waals surface area contributed by atoms with E-state index in [4.69, 9.17) is 9.26 Å². The first kappa shape index (κ1) is 20.5. The summed E-state index contributed by atoms with van der Waals surface area (Å²) < 4.78 is 10.7. The van der Waals surface area contributed by atoms with Crippen LogP contribution in [0.4, 0.5) is 0 Å². The van der Waals surface area contributed by atoms with Crippen LogP contribution in [0.5, 0.6) is 0 Å². The van der Waals surface area contributed by atoms with E-state index in [1.165, 1.54) is 11.1 Å². The number of rotatable bonds is 8. The molecule has 2 aromatic rings. The summed E-state index contributed by atoms with van der Waals surface area (Å²) in [5.74, 6) is 1.41. The van der Waals surface area contributed by atoms with Gasteiger partial charge in [0.15, 0.2) is 5.82 Å². The predicted molar refractivity (Wildman–Crippen MR) is 106 cm³/mol. The molecule has 0 radical (unpaired) electrons. The van der Waals surface area contributed by atoms with E-state index in [1.807, 2.05) is 13.8 Å². The van der Waals surface area contributed by atoms with E-state index in [1.54, 1.807) is 0 Å². The number of morpholine rings is 1. The Morgan fingerprint density at radius 2 is 2.07 bits per heavy atom. The largest absolute Gasteiger partial charge is 0.379 e. The molecule has 1 atom stereocenters. The third-order valence-corrected chi connectivity index (χ3v) is 4.97. The van der Waals surface area contributed by atoms with Crippen LogP contribution in [0.15, 0.2) is 28.8 Å². The maximum atomic E-state index is 12.4. The molecule has 0 saturated carbocycles. The van der Waals surface area contributed by atoms with Gasteiger partial charge in [0.05, 0.1) is 19.3 Å². The molecule has 1 amide bonds. The standard InChI is InChI=1S/C21H30N4O3/c1-15(2)21-23-20(28-24-21)8-7-19(26)22-14-18(25-9-11-27-12-10-25)17-6-4-5-16(3)13-17/h4-6,13,15,18H,7-12,14H2,1-3H3,(H,22,26). The Morgan fingerprint density at radius 3 is 2.75 bits per heavy atom. The quantitative estimate of drug-likeness (QED) is 0.751. The minimum Gasteiger partial charge on any atom is -0.379 e. The smallest absolute Gasteiger partial charge is 0.227 e. The Morgan fingerprint density at radius 1 is 1.29 bits per heavy atom. The maximum Gasteiger partial charge on any atom is 0.227 e. The summed E-state index contributed by atoms with van der Waals surface area (Å²) in [4.78, 5) is 19.1. The lowest BCUT2D eigenvalue weighted by Crippen LogP contribution is -2.43. The summed E-state index contributed by atoms with van der Waals surface area (Å²) in [6.45, 7) is 9.88. The van der Waals surface area contributed by atoms with Crippen molar-refractivity contribution in [1.82, 2.24) is 20.4 Å². The highest BCUT2D eigenvalue weighted by atomic mass is 16.5. The van der Waals surface area contributed by atoms with Crippen molar-refractivity contribution in [2.75, 3.05) is 32.8 Å². The highest BCUT2D eigenvalue weighted by Crippen LogP contribution is 2.22. The molecule has 0 bridgehead atoms. The maximum absolute atomic E-state index is 12.4. The molecule has 1 aliphatic heterocycles. The number of benzene rings is 1. The van der Waals surface area contributed by atoms with Crippen LogP contribution in [-0.4, -0.2) is 53.8 Å². The molecule has 28 heavy (non-hydrogen) atoms. The molecular weight excluding hydrogens is 356 g/mol. The third-order valence-electron chi connectivity index (χ3n) is 4.97. The first-order chi connectivity index (χ1) is 13.5. The van der Waals surface area contributed by atoms with Gasteiger partial charge in [-0.25, -0.2) is 0 Å². The van der Waals surface area contributed by atoms with Gasteiger partial charge >= 0.3 is 0 Å². The number of nitrogens with zero attached hydrogens (tertiary/aromatic N) is 3. The van der Waals surface area contributed by atoms with Crippen molar-refractivity contribution in [2.24, 2.45) is 0 Å². The monoisotopic (exact) mass is 386 g/mol. The summed E-state index contributed by atoms with van der Waals surface area (Å²) in [6.07, 6.45) is 0.793. The van der Waals surface area contributed by atoms with Crippen LogP contribution in [0.1, 0.15) is 55.1 Å². The Kier molecular flexibility index (Phi) is 7.17. The Labute approximate surface area is 166 Å². The van der Waals surface area contributed by atoms with Gasteiger partial charge in [-0.1, -0.05) is 48.8 Å². The Bertz CT molecular complexity index is 769. The van der Waals surface area contributed by atoms with E-state index < -0.39 is 0 Å². The number of nitrogens with one attached hydrogen (secondary N) is 1. The lowest BCUT2D eigenvalue weighted by Gasteiger charge is -2.35. The molecule has 7 heteroatoms. The Hall–Kier alpha value is -2.25. The average molecular weight is 386 g/mol. The van der Waals surface area contributed by atoms with Crippen molar-refractivity contribution in [3.63, 3.8) is 0 Å². The fourth-order valence-electron chi connectivity index (χ4n) is 3.35. The average Bonchev–Trinajstić information content (AvgIpc) is 3.17. The summed E-state index contributed by atoms with van der Waals surface area (Å²) in [7, 11) is 0. The van der Waals surface area contributed by atoms with Gasteiger partial charge in [-0.15, -0.1) is 0 Å². The van der Waals surface area contributed by atoms with Crippen LogP contribution >= 0.6 is 0 Å². The third kappa shape index (κ3) is 5.62. The minimum absolute atomic E-state index is 0.00444. The predicted octanol–water partition coefficient (Wildman–Crippen LogP) is 2.62. The first-order valence-electron chi connectivity index (χ1n) is 10.0. The second-order valence-corrected chi connectivity index (χ2v) is 7.58. The van der Waals surface area contributed by atoms with E-state index >= 15 is 0 Å². The molecule has 1 aromatic carbocycles. The van der Waals surface area contributed by atoms with Crippen LogP contribution in [0.25, 0.3) is 0 Å². The minimum atomic E-state index is -0.00444. The Balaban J connectivity index is 1.56. The summed E-state index contributed by atoms with van der Waals surface area (Å²) in [6, 6.07) is 8.63. The number of carbonyl (C=O) groups is 1. The molecule has 7 nitrogen and oxygen atoms in total. The fraction of sp³-hybridized carbons (Fsp3) is 0.571. The molecule has 2 heterocycles. The molecule has 0 spiro atoms. The second kappa shape index (κ2) is 9.80. The van der Waals surface area contributed by atoms with Crippen molar-refractivity contribution in [3.05, 3.63) is 47.1 Å². The van der Waals surface area contributed by atoms with Crippen LogP contribution in [-0.2, 0) is 16.0 Å². The van der Waals surface area contributed by atoms with E-state index in [0.717, 1.165) is 26.3 Å². The summed E-state index contributed by atoms with van der Waals surface area (Å²) >= 11 is 0. The van der Waals surface area contributed by atoms with Gasteiger partial charge < -0.3 is 14.6 Å². The fourth-order valence-corrected chi connectivity index (χ4v) is 3.35. The SMILES string of the molecule is Cc1cccc(C(CNC(=O)CCc2nc(C(C)C)no2)N2CCOCC2)c1. The van der Waals surface area contributed by atoms with E-state index in [9.17, 15) is 4.79 Å². The van der Waals surface area contributed by atoms with Crippen LogP contribution in [0.3, 0.4) is 0 Å². The van der Waals surface area contributed by atoms with E-state index in [2.05, 4.69) is 51.5 Å². The number of hydrogen-bond acceptors (Lipinski definition) is 6. The zero-order valence-corrected chi connectivity index (χ0v) is 17.0. The van der Waals surface area contributed by atoms with Crippen molar-refractivity contribution >= 4 is 5.91 Å². The first-order valence-corrected chi connectivity index (χ1v) is 10.0. The lowest BCUT2D eigenvalue weighted by atomic mass is 10.0. The summed E-state index contributed by atoms with van der Waals surface area (Å²) in [5, 5.41) is 7.03. The van der Waals surface area contributed by atoms with Gasteiger partial charge in [0.2, 0.25) is 11.8 Å². The van der Waals surface area contributed by atoms with E-state index in [0.29, 0.717) is 31.1 Å². The number of aryl methyl sites for hydroxylation is 2. The number of hydrogen-bond donors (Lipinski definition) is 1. The van der Waals surface area contributed by atoms with E-state index in [-0.39, 0.29) is 17.9 Å². The molecule has 1 saturated heterocycles. The zero-order chi connectivity index (χ0) is 19.9. The zero-order valence-electron chi connectivity index (χ0n) is 17.0. The number of aromatic nitrogens is 2. The molecule has 152 valence electrons.